The largest absolute Gasteiger partial charge is 0.462 e. The molecular weight excluding hydrogens is 901 g/mol. The van der Waals surface area contributed by atoms with Crippen LogP contribution in [0.2, 0.25) is 0 Å². The lowest BCUT2D eigenvalue weighted by Crippen LogP contribution is -2.62. The van der Waals surface area contributed by atoms with E-state index in [9.17, 15) is 60.7 Å². The van der Waals surface area contributed by atoms with Crippen molar-refractivity contribution in [2.24, 2.45) is 23.5 Å². The highest BCUT2D eigenvalue weighted by molar-refractivity contribution is 5.80. The highest BCUT2D eigenvalue weighted by Gasteiger charge is 2.51. The molecule has 0 aromatic rings. The van der Waals surface area contributed by atoms with Gasteiger partial charge in [-0.1, -0.05) is 98.9 Å². The van der Waals surface area contributed by atoms with E-state index in [0.717, 1.165) is 0 Å². The Labute approximate surface area is 405 Å². The maximum absolute atomic E-state index is 13.6. The molecule has 19 heteroatoms. The van der Waals surface area contributed by atoms with Gasteiger partial charge in [0.05, 0.1) is 92.1 Å². The van der Waals surface area contributed by atoms with E-state index in [0.29, 0.717) is 0 Å². The van der Waals surface area contributed by atoms with E-state index < -0.39 is 147 Å². The van der Waals surface area contributed by atoms with Crippen molar-refractivity contribution in [3.05, 3.63) is 85.1 Å². The maximum atomic E-state index is 13.6. The molecule has 3 rings (SSSR count). The van der Waals surface area contributed by atoms with Crippen LogP contribution >= 0.6 is 0 Å². The molecule has 2 saturated heterocycles. The Morgan fingerprint density at radius 3 is 1.91 bits per heavy atom. The molecule has 0 saturated carbocycles. The number of aliphatic hydroxyl groups is 10. The number of nitrogens with one attached hydrogen (secondary N) is 1. The van der Waals surface area contributed by atoms with Gasteiger partial charge < -0.3 is 85.8 Å². The molecule has 2 bridgehead atoms. The van der Waals surface area contributed by atoms with Gasteiger partial charge in [-0.15, -0.1) is 0 Å². The number of hydrogen-bond donors (Lipinski definition) is 12. The normalized spacial score (nSPS) is 43.5. The second-order valence-electron chi connectivity index (χ2n) is 18.5. The molecule has 1 amide bonds. The lowest BCUT2D eigenvalue weighted by Gasteiger charge is -2.46. The Hall–Kier alpha value is -3.48. The number of fused-ring (bicyclic) bond motifs is 2. The summed E-state index contributed by atoms with van der Waals surface area (Å²) in [7, 11) is 1.45. The third-order valence-electron chi connectivity index (χ3n) is 12.6. The number of hydrogen-bond acceptors (Lipinski definition) is 18. The monoisotopic (exact) mass is 981 g/mol. The van der Waals surface area contributed by atoms with Gasteiger partial charge in [0.15, 0.2) is 12.1 Å². The fraction of sp³-hybridized carbons (Fsp3) is 0.680. The van der Waals surface area contributed by atoms with Crippen LogP contribution in [-0.4, -0.2) is 181 Å². The summed E-state index contributed by atoms with van der Waals surface area (Å²) in [6.07, 6.45) is 4.65. The number of aliphatic hydroxyl groups excluding tert-OH is 9. The molecule has 2 fully saturated rings. The molecule has 0 aromatic carbocycles. The first-order chi connectivity index (χ1) is 32.7. The number of cyclic esters (lactones) is 1. The van der Waals surface area contributed by atoms with Crippen LogP contribution in [0.15, 0.2) is 85.1 Å². The highest BCUT2D eigenvalue weighted by Crippen LogP contribution is 2.38. The van der Waals surface area contributed by atoms with Crippen LogP contribution in [0.1, 0.15) is 79.1 Å². The van der Waals surface area contributed by atoms with Gasteiger partial charge in [-0.25, -0.2) is 0 Å². The van der Waals surface area contributed by atoms with E-state index in [4.69, 9.17) is 29.4 Å². The zero-order valence-electron chi connectivity index (χ0n) is 40.5. The van der Waals surface area contributed by atoms with Crippen molar-refractivity contribution in [1.29, 1.82) is 0 Å². The number of nitrogens with two attached hydrogens (primary N) is 1. The topological polar surface area (TPSA) is 321 Å². The molecule has 0 aromatic heterocycles. The third kappa shape index (κ3) is 20.6. The van der Waals surface area contributed by atoms with Crippen molar-refractivity contribution in [2.45, 2.75) is 177 Å². The molecule has 3 heterocycles. The molecule has 19 atom stereocenters. The summed E-state index contributed by atoms with van der Waals surface area (Å²) in [5.74, 6) is -5.64. The lowest BCUT2D eigenvalue weighted by atomic mass is 9.82. The highest BCUT2D eigenvalue weighted by atomic mass is 16.7. The number of ether oxygens (including phenoxy) is 5. The van der Waals surface area contributed by atoms with Crippen molar-refractivity contribution in [2.75, 3.05) is 20.3 Å². The molecule has 0 radical (unpaired) electrons. The average Bonchev–Trinajstić information content (AvgIpc) is 3.27. The number of methoxy groups -OCH3 is 1. The van der Waals surface area contributed by atoms with E-state index in [1.807, 2.05) is 43.4 Å². The number of esters is 1. The fourth-order valence-electron chi connectivity index (χ4n) is 8.38. The third-order valence-corrected chi connectivity index (χ3v) is 12.6. The summed E-state index contributed by atoms with van der Waals surface area (Å²) in [6, 6.07) is -1.13. The van der Waals surface area contributed by atoms with Crippen LogP contribution in [0.4, 0.5) is 0 Å². The molecule has 0 aliphatic carbocycles. The maximum Gasteiger partial charge on any atom is 0.308 e. The SMILES string of the molecule is COCCNC(=O)[C@H]1[C@@H]2C[C@@H](O[C@@H]3O[C@H](C)[C@@H](O)[C@H](N)[C@@H]3O)/C=C/C=C/C=C/C=C/C=C/C=C/C=C\[C@H](C)[C@@H](O)[C@@H](C)[C@H](C)OC(=O)C[C@H](O)C[C@H](O)CC[C@@H](O)[C@H](O)C[C@H](O)C[C@](O)(C[C@@H]1O)O2. The van der Waals surface area contributed by atoms with Gasteiger partial charge >= 0.3 is 5.97 Å². The minimum atomic E-state index is -2.27. The van der Waals surface area contributed by atoms with Crippen molar-refractivity contribution in [3.8, 4) is 0 Å². The molecule has 392 valence electrons. The van der Waals surface area contributed by atoms with E-state index in [1.165, 1.54) is 7.11 Å². The first-order valence-electron chi connectivity index (χ1n) is 23.9. The van der Waals surface area contributed by atoms with Gasteiger partial charge in [-0.2, -0.15) is 0 Å². The zero-order valence-corrected chi connectivity index (χ0v) is 40.5. The van der Waals surface area contributed by atoms with Crippen molar-refractivity contribution in [1.82, 2.24) is 5.32 Å². The minimum absolute atomic E-state index is 0.0871. The van der Waals surface area contributed by atoms with Gasteiger partial charge in [0.25, 0.3) is 0 Å². The Morgan fingerprint density at radius 2 is 1.30 bits per heavy atom. The summed E-state index contributed by atoms with van der Waals surface area (Å²) < 4.78 is 28.7. The molecule has 3 aliphatic heterocycles. The minimum Gasteiger partial charge on any atom is -0.462 e. The first kappa shape index (κ1) is 59.8. The lowest BCUT2D eigenvalue weighted by molar-refractivity contribution is -0.307. The summed E-state index contributed by atoms with van der Waals surface area (Å²) in [5, 5.41) is 112. The summed E-state index contributed by atoms with van der Waals surface area (Å²) >= 11 is 0. The molecule has 0 spiro atoms. The van der Waals surface area contributed by atoms with E-state index in [1.54, 1.807) is 69.4 Å². The predicted molar refractivity (Wildman–Crippen MR) is 254 cm³/mol. The number of amides is 1. The van der Waals surface area contributed by atoms with Crippen LogP contribution in [-0.2, 0) is 33.3 Å². The van der Waals surface area contributed by atoms with Crippen LogP contribution in [0.3, 0.4) is 0 Å². The van der Waals surface area contributed by atoms with Gasteiger partial charge in [-0.3, -0.25) is 9.59 Å². The van der Waals surface area contributed by atoms with Crippen LogP contribution in [0.5, 0.6) is 0 Å². The van der Waals surface area contributed by atoms with Gasteiger partial charge in [0, 0.05) is 51.2 Å². The number of allylic oxidation sites excluding steroid dienone is 12. The predicted octanol–water partition coefficient (Wildman–Crippen LogP) is 0.390. The second-order valence-corrected chi connectivity index (χ2v) is 18.5. The van der Waals surface area contributed by atoms with Gasteiger partial charge in [0.2, 0.25) is 5.91 Å². The van der Waals surface area contributed by atoms with Crippen LogP contribution < -0.4 is 11.1 Å². The van der Waals surface area contributed by atoms with Crippen molar-refractivity contribution < 1.29 is 84.3 Å². The Balaban J connectivity index is 1.92. The van der Waals surface area contributed by atoms with Gasteiger partial charge in [-0.05, 0) is 33.1 Å². The standard InChI is InChI=1S/C50H80N2O17/c1-30-18-16-14-12-10-8-6-7-9-11-13-15-17-19-37(68-49-47(62)44(51)46(61)33(4)67-49)27-41-43(48(63)52-22-23-65-5)40(58)29-50(64,69-41)28-36(55)25-39(57)38(56)21-20-34(53)24-35(54)26-42(59)66-32(3)31(2)45(30)60/h6-19,30-41,43-47,49,53-58,60-62,64H,20-29,51H2,1-5H3,(H,52,63)/b7-6+,10-8+,11-9+,14-12+,15-13+,18-16-,19-17+/t30-,31-,32-,33+,34+,35+,36-,37-,38+,39+,40-,41-,43+,44-,45+,46+,47-,49-,50+/m0/s1. The summed E-state index contributed by atoms with van der Waals surface area (Å²) in [6.45, 7) is 7.04. The Morgan fingerprint density at radius 1 is 0.710 bits per heavy atom. The number of carbonyl (C=O) groups excluding carboxylic acids is 2. The fourth-order valence-corrected chi connectivity index (χ4v) is 8.38. The quantitative estimate of drug-likeness (QED) is 0.127. The molecule has 13 N–H and O–H groups in total. The number of carbonyl (C=O) groups is 2. The van der Waals surface area contributed by atoms with E-state index in [2.05, 4.69) is 5.32 Å². The number of rotatable bonds is 6. The smallest absolute Gasteiger partial charge is 0.308 e. The molecule has 0 unspecified atom stereocenters. The first-order valence-corrected chi connectivity index (χ1v) is 23.9. The van der Waals surface area contributed by atoms with E-state index in [-0.39, 0.29) is 44.8 Å². The molecular formula is C50H80N2O17. The summed E-state index contributed by atoms with van der Waals surface area (Å²) in [5.41, 5.74) is 6.09. The second kappa shape index (κ2) is 30.4. The summed E-state index contributed by atoms with van der Waals surface area (Å²) in [4.78, 5) is 26.3. The van der Waals surface area contributed by atoms with E-state index >= 15 is 0 Å². The van der Waals surface area contributed by atoms with Crippen LogP contribution in [0, 0.1) is 17.8 Å². The average molecular weight is 981 g/mol. The molecule has 3 aliphatic rings. The van der Waals surface area contributed by atoms with Crippen molar-refractivity contribution >= 4 is 11.9 Å². The molecule has 19 nitrogen and oxygen atoms in total. The van der Waals surface area contributed by atoms with Gasteiger partial charge in [0.1, 0.15) is 12.2 Å². The Bertz CT molecular complexity index is 1740. The van der Waals surface area contributed by atoms with Crippen LogP contribution in [0.25, 0.3) is 0 Å². The zero-order chi connectivity index (χ0) is 51.3. The van der Waals surface area contributed by atoms with Crippen molar-refractivity contribution in [3.63, 3.8) is 0 Å². The Kier molecular flexibility index (Phi) is 26.4. The molecule has 69 heavy (non-hydrogen) atoms.